The van der Waals surface area contributed by atoms with E-state index in [9.17, 15) is 9.59 Å². The Bertz CT molecular complexity index is 1290. The Morgan fingerprint density at radius 3 is 2.43 bits per heavy atom. The van der Waals surface area contributed by atoms with E-state index in [-0.39, 0.29) is 5.91 Å². The second kappa shape index (κ2) is 11.4. The van der Waals surface area contributed by atoms with Gasteiger partial charge in [0.2, 0.25) is 0 Å². The van der Waals surface area contributed by atoms with Crippen molar-refractivity contribution in [3.05, 3.63) is 95.1 Å². The van der Waals surface area contributed by atoms with Crippen molar-refractivity contribution in [2.75, 3.05) is 36.9 Å². The molecule has 3 aromatic carbocycles. The molecule has 1 saturated heterocycles. The van der Waals surface area contributed by atoms with Crippen LogP contribution in [0.3, 0.4) is 0 Å². The molecule has 0 bridgehead atoms. The van der Waals surface area contributed by atoms with Gasteiger partial charge in [0, 0.05) is 17.8 Å². The summed E-state index contributed by atoms with van der Waals surface area (Å²) in [6, 6.07) is 23.5. The first kappa shape index (κ1) is 24.8. The fourth-order valence-electron chi connectivity index (χ4n) is 5.02. The summed E-state index contributed by atoms with van der Waals surface area (Å²) in [5.41, 5.74) is 6.17. The van der Waals surface area contributed by atoms with Gasteiger partial charge in [0.25, 0.3) is 5.91 Å². The SMILES string of the molecule is CCOC(=O)c1ccc2c(c1)NC(=O)C2=C(Nc1ccc(CCN2CCCCC2)cc1)c1ccccc1. The number of nitrogens with one attached hydrogen (secondary N) is 2. The van der Waals surface area contributed by atoms with Crippen LogP contribution in [0.1, 0.15) is 53.2 Å². The number of carbonyl (C=O) groups excluding carboxylic acids is 2. The lowest BCUT2D eigenvalue weighted by Gasteiger charge is -2.26. The average molecular weight is 496 g/mol. The van der Waals surface area contributed by atoms with Gasteiger partial charge in [0.15, 0.2) is 0 Å². The minimum atomic E-state index is -0.404. The summed E-state index contributed by atoms with van der Waals surface area (Å²) in [6.45, 7) is 5.58. The molecule has 0 saturated carbocycles. The number of carbonyl (C=O) groups is 2. The van der Waals surface area contributed by atoms with Gasteiger partial charge < -0.3 is 20.3 Å². The van der Waals surface area contributed by atoms with Gasteiger partial charge >= 0.3 is 5.97 Å². The second-order valence-electron chi connectivity index (χ2n) is 9.53. The second-order valence-corrected chi connectivity index (χ2v) is 9.53. The number of esters is 1. The Hall–Kier alpha value is -3.90. The van der Waals surface area contributed by atoms with Gasteiger partial charge in [0.1, 0.15) is 0 Å². The first-order valence-electron chi connectivity index (χ1n) is 13.1. The van der Waals surface area contributed by atoms with Crippen molar-refractivity contribution < 1.29 is 14.3 Å². The summed E-state index contributed by atoms with van der Waals surface area (Å²) in [5, 5.41) is 6.44. The third-order valence-corrected chi connectivity index (χ3v) is 6.98. The molecule has 1 amide bonds. The number of anilines is 2. The predicted molar refractivity (Wildman–Crippen MR) is 148 cm³/mol. The zero-order chi connectivity index (χ0) is 25.6. The summed E-state index contributed by atoms with van der Waals surface area (Å²) in [4.78, 5) is 28.0. The summed E-state index contributed by atoms with van der Waals surface area (Å²) < 4.78 is 5.12. The van der Waals surface area contributed by atoms with Crippen molar-refractivity contribution in [3.8, 4) is 0 Å². The lowest BCUT2D eigenvalue weighted by atomic mass is 9.99. The van der Waals surface area contributed by atoms with Crippen LogP contribution in [-0.2, 0) is 16.0 Å². The molecule has 3 aromatic rings. The molecule has 0 aliphatic carbocycles. The third kappa shape index (κ3) is 5.75. The molecule has 2 N–H and O–H groups in total. The smallest absolute Gasteiger partial charge is 0.338 e. The minimum Gasteiger partial charge on any atom is -0.462 e. The fourth-order valence-corrected chi connectivity index (χ4v) is 5.02. The van der Waals surface area contributed by atoms with Gasteiger partial charge in [0.05, 0.1) is 29.1 Å². The highest BCUT2D eigenvalue weighted by Crippen LogP contribution is 2.38. The van der Waals surface area contributed by atoms with Crippen molar-refractivity contribution in [3.63, 3.8) is 0 Å². The predicted octanol–water partition coefficient (Wildman–Crippen LogP) is 5.82. The molecule has 0 unspecified atom stereocenters. The van der Waals surface area contributed by atoms with Crippen LogP contribution >= 0.6 is 0 Å². The molecule has 2 aliphatic heterocycles. The maximum atomic E-state index is 13.2. The van der Waals surface area contributed by atoms with Crippen LogP contribution in [0.25, 0.3) is 11.3 Å². The summed E-state index contributed by atoms with van der Waals surface area (Å²) in [6.07, 6.45) is 5.00. The molecule has 5 rings (SSSR count). The molecule has 0 atom stereocenters. The number of amides is 1. The molecular weight excluding hydrogens is 462 g/mol. The maximum absolute atomic E-state index is 13.2. The Balaban J connectivity index is 1.42. The molecule has 37 heavy (non-hydrogen) atoms. The fraction of sp³-hybridized carbons (Fsp3) is 0.290. The molecule has 1 fully saturated rings. The number of benzene rings is 3. The van der Waals surface area contributed by atoms with E-state index >= 15 is 0 Å². The van der Waals surface area contributed by atoms with Crippen molar-refractivity contribution in [2.24, 2.45) is 0 Å². The molecule has 2 heterocycles. The number of nitrogens with zero attached hydrogens (tertiary/aromatic N) is 1. The van der Waals surface area contributed by atoms with E-state index in [0.29, 0.717) is 23.4 Å². The lowest BCUT2D eigenvalue weighted by molar-refractivity contribution is -0.110. The minimum absolute atomic E-state index is 0.208. The summed E-state index contributed by atoms with van der Waals surface area (Å²) in [7, 11) is 0. The molecule has 0 aromatic heterocycles. The monoisotopic (exact) mass is 495 g/mol. The van der Waals surface area contributed by atoms with Gasteiger partial charge in [-0.1, -0.05) is 55.0 Å². The largest absolute Gasteiger partial charge is 0.462 e. The number of rotatable bonds is 8. The van der Waals surface area contributed by atoms with Crippen LogP contribution in [0.5, 0.6) is 0 Å². The normalized spacial score (nSPS) is 16.6. The molecule has 6 nitrogen and oxygen atoms in total. The Morgan fingerprint density at radius 2 is 1.70 bits per heavy atom. The number of likely N-dealkylation sites (tertiary alicyclic amines) is 1. The number of hydrogen-bond donors (Lipinski definition) is 2. The number of piperidine rings is 1. The molecule has 6 heteroatoms. The number of ether oxygens (including phenoxy) is 1. The van der Waals surface area contributed by atoms with Crippen LogP contribution in [0, 0.1) is 0 Å². The first-order chi connectivity index (χ1) is 18.1. The molecular formula is C31H33N3O3. The van der Waals surface area contributed by atoms with E-state index < -0.39 is 5.97 Å². The maximum Gasteiger partial charge on any atom is 0.338 e. The summed E-state index contributed by atoms with van der Waals surface area (Å²) in [5.74, 6) is -0.612. The van der Waals surface area contributed by atoms with Crippen molar-refractivity contribution in [1.82, 2.24) is 4.90 Å². The van der Waals surface area contributed by atoms with E-state index in [2.05, 4.69) is 39.8 Å². The van der Waals surface area contributed by atoms with Crippen LogP contribution < -0.4 is 10.6 Å². The molecule has 0 spiro atoms. The quantitative estimate of drug-likeness (QED) is 0.304. The topological polar surface area (TPSA) is 70.7 Å². The van der Waals surface area contributed by atoms with E-state index in [0.717, 1.165) is 35.5 Å². The van der Waals surface area contributed by atoms with Crippen LogP contribution in [-0.4, -0.2) is 43.0 Å². The van der Waals surface area contributed by atoms with E-state index in [1.807, 2.05) is 36.4 Å². The van der Waals surface area contributed by atoms with Crippen molar-refractivity contribution in [1.29, 1.82) is 0 Å². The van der Waals surface area contributed by atoms with Gasteiger partial charge in [-0.25, -0.2) is 4.79 Å². The highest BCUT2D eigenvalue weighted by atomic mass is 16.5. The third-order valence-electron chi connectivity index (χ3n) is 6.98. The molecule has 2 aliphatic rings. The van der Waals surface area contributed by atoms with E-state index in [4.69, 9.17) is 4.74 Å². The zero-order valence-corrected chi connectivity index (χ0v) is 21.3. The van der Waals surface area contributed by atoms with Crippen LogP contribution in [0.4, 0.5) is 11.4 Å². The first-order valence-corrected chi connectivity index (χ1v) is 13.1. The van der Waals surface area contributed by atoms with Gasteiger partial charge in [-0.05, 0) is 74.7 Å². The highest BCUT2D eigenvalue weighted by molar-refractivity contribution is 6.37. The molecule has 190 valence electrons. The summed E-state index contributed by atoms with van der Waals surface area (Å²) >= 11 is 0. The Morgan fingerprint density at radius 1 is 0.946 bits per heavy atom. The zero-order valence-electron chi connectivity index (χ0n) is 21.3. The Kier molecular flexibility index (Phi) is 7.66. The Labute approximate surface area is 218 Å². The van der Waals surface area contributed by atoms with Crippen LogP contribution in [0.2, 0.25) is 0 Å². The number of hydrogen-bond acceptors (Lipinski definition) is 5. The standard InChI is InChI=1S/C31H33N3O3/c1-2-37-31(36)24-13-16-26-27(21-24)33-30(35)28(26)29(23-9-5-3-6-10-23)32-25-14-11-22(12-15-25)17-20-34-18-7-4-8-19-34/h3,5-6,9-16,21,32H,2,4,7-8,17-20H2,1H3,(H,33,35). The van der Waals surface area contributed by atoms with Crippen molar-refractivity contribution >= 4 is 34.5 Å². The highest BCUT2D eigenvalue weighted by Gasteiger charge is 2.29. The van der Waals surface area contributed by atoms with Crippen LogP contribution in [0.15, 0.2) is 72.8 Å². The van der Waals surface area contributed by atoms with Gasteiger partial charge in [-0.2, -0.15) is 0 Å². The van der Waals surface area contributed by atoms with Gasteiger partial charge in [-0.3, -0.25) is 4.79 Å². The van der Waals surface area contributed by atoms with E-state index in [1.54, 1.807) is 19.1 Å². The van der Waals surface area contributed by atoms with Gasteiger partial charge in [-0.15, -0.1) is 0 Å². The average Bonchev–Trinajstić information content (AvgIpc) is 3.27. The van der Waals surface area contributed by atoms with E-state index in [1.165, 1.54) is 37.9 Å². The molecule has 0 radical (unpaired) electrons. The van der Waals surface area contributed by atoms with Crippen molar-refractivity contribution in [2.45, 2.75) is 32.6 Å². The number of fused-ring (bicyclic) bond motifs is 1. The lowest BCUT2D eigenvalue weighted by Crippen LogP contribution is -2.31.